The third kappa shape index (κ3) is 3.77. The molecule has 1 saturated heterocycles. The van der Waals surface area contributed by atoms with Gasteiger partial charge in [-0.3, -0.25) is 0 Å². The summed E-state index contributed by atoms with van der Waals surface area (Å²) in [5.41, 5.74) is -0.0744. The van der Waals surface area contributed by atoms with Crippen molar-refractivity contribution >= 4 is 0 Å². The van der Waals surface area contributed by atoms with Gasteiger partial charge in [0.1, 0.15) is 0 Å². The summed E-state index contributed by atoms with van der Waals surface area (Å²) in [5, 5.41) is 12.9. The van der Waals surface area contributed by atoms with E-state index >= 15 is 0 Å². The minimum Gasteiger partial charge on any atom is -0.381 e. The molecule has 1 aromatic heterocycles. The van der Waals surface area contributed by atoms with Gasteiger partial charge in [-0.15, -0.1) is 0 Å². The number of nitrogens with zero attached hydrogens (tertiary/aromatic N) is 3. The van der Waals surface area contributed by atoms with Crippen LogP contribution in [0.4, 0.5) is 0 Å². The van der Waals surface area contributed by atoms with E-state index in [1.807, 2.05) is 0 Å². The van der Waals surface area contributed by atoms with E-state index in [0.717, 1.165) is 38.3 Å². The van der Waals surface area contributed by atoms with Gasteiger partial charge in [0.2, 0.25) is 5.89 Å². The number of hydrogen-bond donors (Lipinski definition) is 0. The molecule has 104 valence electrons. The monoisotopic (exact) mass is 263 g/mol. The molecule has 0 aromatic carbocycles. The van der Waals surface area contributed by atoms with Crippen LogP contribution in [0.1, 0.15) is 44.8 Å². The Morgan fingerprint density at radius 1 is 1.53 bits per heavy atom. The summed E-state index contributed by atoms with van der Waals surface area (Å²) in [4.78, 5) is 4.45. The maximum Gasteiger partial charge on any atom is 0.227 e. The smallest absolute Gasteiger partial charge is 0.227 e. The fraction of sp³-hybridized carbons (Fsp3) is 0.786. The molecule has 1 aliphatic heterocycles. The SMILES string of the molecule is CCC(C)(CC#N)Cc1nc(CC2CCOC2)no1. The van der Waals surface area contributed by atoms with Crippen LogP contribution >= 0.6 is 0 Å². The van der Waals surface area contributed by atoms with Crippen molar-refractivity contribution in [2.24, 2.45) is 11.3 Å². The molecule has 0 saturated carbocycles. The van der Waals surface area contributed by atoms with E-state index in [-0.39, 0.29) is 5.41 Å². The fourth-order valence-electron chi connectivity index (χ4n) is 2.32. The van der Waals surface area contributed by atoms with Gasteiger partial charge in [0.05, 0.1) is 6.07 Å². The van der Waals surface area contributed by atoms with Crippen LogP contribution in [0.15, 0.2) is 4.52 Å². The van der Waals surface area contributed by atoms with Crippen molar-refractivity contribution in [3.05, 3.63) is 11.7 Å². The topological polar surface area (TPSA) is 71.9 Å². The van der Waals surface area contributed by atoms with Crippen molar-refractivity contribution in [1.29, 1.82) is 5.26 Å². The second-order valence-corrected chi connectivity index (χ2v) is 5.71. The maximum atomic E-state index is 8.88. The molecule has 0 bridgehead atoms. The molecule has 1 aromatic rings. The molecular weight excluding hydrogens is 242 g/mol. The van der Waals surface area contributed by atoms with Crippen LogP contribution in [0.25, 0.3) is 0 Å². The van der Waals surface area contributed by atoms with Crippen LogP contribution in [0.2, 0.25) is 0 Å². The van der Waals surface area contributed by atoms with E-state index in [0.29, 0.717) is 24.7 Å². The van der Waals surface area contributed by atoms with Gasteiger partial charge in [-0.1, -0.05) is 19.0 Å². The summed E-state index contributed by atoms with van der Waals surface area (Å²) in [7, 11) is 0. The molecule has 0 aliphatic carbocycles. The highest BCUT2D eigenvalue weighted by atomic mass is 16.5. The molecule has 2 heterocycles. The van der Waals surface area contributed by atoms with E-state index in [2.05, 4.69) is 30.1 Å². The molecular formula is C14H21N3O2. The lowest BCUT2D eigenvalue weighted by Crippen LogP contribution is -2.18. The van der Waals surface area contributed by atoms with E-state index < -0.39 is 0 Å². The number of nitriles is 1. The van der Waals surface area contributed by atoms with E-state index in [4.69, 9.17) is 14.5 Å². The van der Waals surface area contributed by atoms with Gasteiger partial charge in [-0.2, -0.15) is 10.2 Å². The summed E-state index contributed by atoms with van der Waals surface area (Å²) in [6.45, 7) is 5.81. The molecule has 1 aliphatic rings. The zero-order chi connectivity index (χ0) is 13.7. The maximum absolute atomic E-state index is 8.88. The van der Waals surface area contributed by atoms with E-state index in [9.17, 15) is 0 Å². The number of ether oxygens (including phenoxy) is 1. The second-order valence-electron chi connectivity index (χ2n) is 5.71. The van der Waals surface area contributed by atoms with Gasteiger partial charge in [-0.05, 0) is 24.2 Å². The predicted molar refractivity (Wildman–Crippen MR) is 69.3 cm³/mol. The lowest BCUT2D eigenvalue weighted by Gasteiger charge is -2.22. The van der Waals surface area contributed by atoms with Gasteiger partial charge in [0.15, 0.2) is 5.82 Å². The average Bonchev–Trinajstić information content (AvgIpc) is 3.02. The summed E-state index contributed by atoms with van der Waals surface area (Å²) >= 11 is 0. The van der Waals surface area contributed by atoms with Crippen LogP contribution in [0.3, 0.4) is 0 Å². The summed E-state index contributed by atoms with van der Waals surface area (Å²) in [6.07, 6.45) is 4.01. The molecule has 2 rings (SSSR count). The van der Waals surface area contributed by atoms with Crippen LogP contribution in [0.5, 0.6) is 0 Å². The molecule has 0 N–H and O–H groups in total. The Hall–Kier alpha value is -1.41. The summed E-state index contributed by atoms with van der Waals surface area (Å²) in [5.74, 6) is 1.93. The third-order valence-corrected chi connectivity index (χ3v) is 3.94. The van der Waals surface area contributed by atoms with Crippen molar-refractivity contribution in [1.82, 2.24) is 10.1 Å². The standard InChI is InChI=1S/C14H21N3O2/c1-3-14(2,5-6-15)9-13-16-12(17-19-13)8-11-4-7-18-10-11/h11H,3-5,7-10H2,1-2H3. The first-order valence-electron chi connectivity index (χ1n) is 6.91. The molecule has 0 spiro atoms. The predicted octanol–water partition coefficient (Wildman–Crippen LogP) is 2.52. The van der Waals surface area contributed by atoms with Gasteiger partial charge < -0.3 is 9.26 Å². The van der Waals surface area contributed by atoms with Crippen molar-refractivity contribution < 1.29 is 9.26 Å². The summed E-state index contributed by atoms with van der Waals surface area (Å²) < 4.78 is 10.7. The second kappa shape index (κ2) is 6.16. The molecule has 2 atom stereocenters. The third-order valence-electron chi connectivity index (χ3n) is 3.94. The normalized spacial score (nSPS) is 22.1. The highest BCUT2D eigenvalue weighted by molar-refractivity contribution is 4.95. The van der Waals surface area contributed by atoms with Crippen LogP contribution in [0, 0.1) is 22.7 Å². The Morgan fingerprint density at radius 2 is 2.37 bits per heavy atom. The van der Waals surface area contributed by atoms with Crippen LogP contribution in [-0.2, 0) is 17.6 Å². The van der Waals surface area contributed by atoms with E-state index in [1.165, 1.54) is 0 Å². The lowest BCUT2D eigenvalue weighted by molar-refractivity contribution is 0.185. The number of rotatable bonds is 6. The molecule has 5 nitrogen and oxygen atoms in total. The van der Waals surface area contributed by atoms with Crippen molar-refractivity contribution in [3.8, 4) is 6.07 Å². The first-order valence-corrected chi connectivity index (χ1v) is 6.91. The van der Waals surface area contributed by atoms with Gasteiger partial charge in [0.25, 0.3) is 0 Å². The Bertz CT molecular complexity index is 446. The largest absolute Gasteiger partial charge is 0.381 e. The minimum absolute atomic E-state index is 0.0744. The van der Waals surface area contributed by atoms with Gasteiger partial charge in [-0.25, -0.2) is 0 Å². The Morgan fingerprint density at radius 3 is 3.00 bits per heavy atom. The molecule has 0 radical (unpaired) electrons. The van der Waals surface area contributed by atoms with Crippen LogP contribution in [-0.4, -0.2) is 23.4 Å². The van der Waals surface area contributed by atoms with Crippen molar-refractivity contribution in [3.63, 3.8) is 0 Å². The van der Waals surface area contributed by atoms with Crippen molar-refractivity contribution in [2.75, 3.05) is 13.2 Å². The van der Waals surface area contributed by atoms with E-state index in [1.54, 1.807) is 0 Å². The zero-order valence-corrected chi connectivity index (χ0v) is 11.7. The molecule has 0 amide bonds. The minimum atomic E-state index is -0.0744. The fourth-order valence-corrected chi connectivity index (χ4v) is 2.32. The highest BCUT2D eigenvalue weighted by Crippen LogP contribution is 2.29. The molecule has 1 fully saturated rings. The van der Waals surface area contributed by atoms with Gasteiger partial charge in [0, 0.05) is 32.5 Å². The molecule has 2 unspecified atom stereocenters. The molecule has 5 heteroatoms. The zero-order valence-electron chi connectivity index (χ0n) is 11.7. The number of hydrogen-bond acceptors (Lipinski definition) is 5. The van der Waals surface area contributed by atoms with Crippen molar-refractivity contribution in [2.45, 2.75) is 46.0 Å². The first kappa shape index (κ1) is 14.0. The van der Waals surface area contributed by atoms with Crippen LogP contribution < -0.4 is 0 Å². The Kier molecular flexibility index (Phi) is 4.54. The Balaban J connectivity index is 1.94. The quantitative estimate of drug-likeness (QED) is 0.788. The Labute approximate surface area is 113 Å². The van der Waals surface area contributed by atoms with Gasteiger partial charge >= 0.3 is 0 Å². The average molecular weight is 263 g/mol. The highest BCUT2D eigenvalue weighted by Gasteiger charge is 2.26. The lowest BCUT2D eigenvalue weighted by atomic mass is 9.81. The summed E-state index contributed by atoms with van der Waals surface area (Å²) in [6, 6.07) is 2.24. The first-order chi connectivity index (χ1) is 9.15. The molecule has 19 heavy (non-hydrogen) atoms. The number of aromatic nitrogens is 2.